The first-order chi connectivity index (χ1) is 15.4. The van der Waals surface area contributed by atoms with Gasteiger partial charge in [0.1, 0.15) is 0 Å². The lowest BCUT2D eigenvalue weighted by molar-refractivity contribution is -0.129. The highest BCUT2D eigenvalue weighted by molar-refractivity contribution is 7.85. The average molecular weight is 484 g/mol. The van der Waals surface area contributed by atoms with Crippen molar-refractivity contribution in [1.29, 1.82) is 0 Å². The minimum absolute atomic E-state index is 0.0326. The van der Waals surface area contributed by atoms with Crippen molar-refractivity contribution >= 4 is 16.0 Å². The summed E-state index contributed by atoms with van der Waals surface area (Å²) in [5, 5.41) is 12.9. The Labute approximate surface area is 200 Å². The normalized spacial score (nSPS) is 43.8. The molecule has 4 fully saturated rings. The third-order valence-corrected chi connectivity index (χ3v) is 11.6. The number of amides is 1. The largest absolute Gasteiger partial charge is 0.393 e. The Kier molecular flexibility index (Phi) is 7.26. The number of aliphatic hydroxyl groups excluding tert-OH is 1. The van der Waals surface area contributed by atoms with Gasteiger partial charge in [-0.1, -0.05) is 20.8 Å². The Morgan fingerprint density at radius 1 is 1.03 bits per heavy atom. The molecule has 0 aromatic carbocycles. The van der Waals surface area contributed by atoms with Gasteiger partial charge in [-0.3, -0.25) is 9.35 Å². The van der Waals surface area contributed by atoms with E-state index in [0.29, 0.717) is 35.0 Å². The number of fused-ring (bicyclic) bond motifs is 5. The lowest BCUT2D eigenvalue weighted by Gasteiger charge is -2.61. The predicted molar refractivity (Wildman–Crippen MR) is 129 cm³/mol. The lowest BCUT2D eigenvalue weighted by atomic mass is 9.44. The first kappa shape index (κ1) is 25.4. The summed E-state index contributed by atoms with van der Waals surface area (Å²) in [4.78, 5) is 12.2. The fourth-order valence-electron chi connectivity index (χ4n) is 9.18. The molecule has 0 aromatic rings. The minimum atomic E-state index is -4.04. The standard InChI is InChI=1S/C26H45NO5S/c1-17(4-9-24(29)27-14-15-33(30,31)32)21-7-8-22-20-6-5-18-16-19(28)10-12-25(18,2)23(20)11-13-26(21,22)3/h17-23,28H,4-16H2,1-3H3,(H,27,29)(H,30,31,32)/t17-,18-,19-,20+,21-,22+,23?,25+,26-/m1/s1. The van der Waals surface area contributed by atoms with Gasteiger partial charge in [-0.25, -0.2) is 0 Å². The summed E-state index contributed by atoms with van der Waals surface area (Å²) in [6.07, 6.45) is 12.1. The van der Waals surface area contributed by atoms with Gasteiger partial charge in [-0.05, 0) is 111 Å². The van der Waals surface area contributed by atoms with Crippen LogP contribution in [-0.4, -0.2) is 42.4 Å². The molecule has 6 nitrogen and oxygen atoms in total. The zero-order chi connectivity index (χ0) is 24.0. The van der Waals surface area contributed by atoms with Crippen molar-refractivity contribution in [3.05, 3.63) is 0 Å². The fourth-order valence-corrected chi connectivity index (χ4v) is 9.54. The smallest absolute Gasteiger partial charge is 0.266 e. The molecule has 4 aliphatic carbocycles. The van der Waals surface area contributed by atoms with Crippen LogP contribution in [0.2, 0.25) is 0 Å². The summed E-state index contributed by atoms with van der Waals surface area (Å²) in [7, 11) is -4.04. The molecule has 9 atom stereocenters. The average Bonchev–Trinajstić information content (AvgIpc) is 3.09. The van der Waals surface area contributed by atoms with Crippen LogP contribution in [-0.2, 0) is 14.9 Å². The highest BCUT2D eigenvalue weighted by atomic mass is 32.2. The molecule has 0 aliphatic heterocycles. The molecule has 1 unspecified atom stereocenters. The van der Waals surface area contributed by atoms with Crippen molar-refractivity contribution in [3.63, 3.8) is 0 Å². The van der Waals surface area contributed by atoms with Gasteiger partial charge in [-0.15, -0.1) is 0 Å². The van der Waals surface area contributed by atoms with Crippen LogP contribution in [0.4, 0.5) is 0 Å². The van der Waals surface area contributed by atoms with E-state index in [4.69, 9.17) is 4.55 Å². The first-order valence-electron chi connectivity index (χ1n) is 13.3. The molecule has 7 heteroatoms. The molecule has 0 saturated heterocycles. The number of rotatable bonds is 7. The number of nitrogens with one attached hydrogen (secondary N) is 1. The zero-order valence-electron chi connectivity index (χ0n) is 20.8. The maximum absolute atomic E-state index is 12.2. The Hall–Kier alpha value is -0.660. The van der Waals surface area contributed by atoms with Crippen LogP contribution in [0.5, 0.6) is 0 Å². The Morgan fingerprint density at radius 2 is 1.73 bits per heavy atom. The molecule has 4 rings (SSSR count). The van der Waals surface area contributed by atoms with Crippen LogP contribution in [0, 0.1) is 46.3 Å². The third-order valence-electron chi connectivity index (χ3n) is 10.9. The highest BCUT2D eigenvalue weighted by Crippen LogP contribution is 2.68. The van der Waals surface area contributed by atoms with Gasteiger partial charge < -0.3 is 10.4 Å². The van der Waals surface area contributed by atoms with E-state index in [1.165, 1.54) is 44.9 Å². The Balaban J connectivity index is 1.35. The number of carbonyl (C=O) groups is 1. The van der Waals surface area contributed by atoms with Gasteiger partial charge in [-0.2, -0.15) is 8.42 Å². The molecule has 4 saturated carbocycles. The van der Waals surface area contributed by atoms with E-state index in [9.17, 15) is 18.3 Å². The molecule has 0 radical (unpaired) electrons. The van der Waals surface area contributed by atoms with Crippen molar-refractivity contribution in [3.8, 4) is 0 Å². The lowest BCUT2D eigenvalue weighted by Crippen LogP contribution is -2.54. The SMILES string of the molecule is C[C@H](CCC(=O)NCCS(=O)(=O)O)[C@H]1CC[C@H]2[C@@H]3CC[C@@H]4C[C@H](O)CC[C@]4(C)C3CC[C@]12C. The molecule has 0 bridgehead atoms. The summed E-state index contributed by atoms with van der Waals surface area (Å²) in [5.41, 5.74) is 0.771. The number of hydrogen-bond acceptors (Lipinski definition) is 4. The second-order valence-corrected chi connectivity index (χ2v) is 14.0. The summed E-state index contributed by atoms with van der Waals surface area (Å²) < 4.78 is 30.5. The summed E-state index contributed by atoms with van der Waals surface area (Å²) >= 11 is 0. The van der Waals surface area contributed by atoms with Gasteiger partial charge in [0.05, 0.1) is 11.9 Å². The Morgan fingerprint density at radius 3 is 2.45 bits per heavy atom. The van der Waals surface area contributed by atoms with E-state index in [1.54, 1.807) is 0 Å². The molecule has 0 heterocycles. The van der Waals surface area contributed by atoms with Gasteiger partial charge in [0.2, 0.25) is 5.91 Å². The number of hydrogen-bond donors (Lipinski definition) is 3. The molecule has 33 heavy (non-hydrogen) atoms. The maximum Gasteiger partial charge on any atom is 0.266 e. The van der Waals surface area contributed by atoms with E-state index in [1.807, 2.05) is 0 Å². The van der Waals surface area contributed by atoms with Crippen LogP contribution >= 0.6 is 0 Å². The minimum Gasteiger partial charge on any atom is -0.393 e. The molecule has 3 N–H and O–H groups in total. The van der Waals surface area contributed by atoms with E-state index >= 15 is 0 Å². The second kappa shape index (κ2) is 9.42. The second-order valence-electron chi connectivity index (χ2n) is 12.5. The van der Waals surface area contributed by atoms with E-state index in [0.717, 1.165) is 37.0 Å². The summed E-state index contributed by atoms with van der Waals surface area (Å²) in [5.74, 6) is 3.68. The van der Waals surface area contributed by atoms with Crippen molar-refractivity contribution in [2.75, 3.05) is 12.3 Å². The van der Waals surface area contributed by atoms with Crippen LogP contribution in [0.25, 0.3) is 0 Å². The topological polar surface area (TPSA) is 104 Å². The molecule has 4 aliphatic rings. The number of carbonyl (C=O) groups excluding carboxylic acids is 1. The number of aliphatic hydroxyl groups is 1. The Bertz CT molecular complexity index is 831. The van der Waals surface area contributed by atoms with Crippen LogP contribution in [0.1, 0.15) is 91.4 Å². The predicted octanol–water partition coefficient (Wildman–Crippen LogP) is 4.43. The van der Waals surface area contributed by atoms with Crippen LogP contribution in [0.15, 0.2) is 0 Å². The quantitative estimate of drug-likeness (QED) is 0.465. The molecule has 0 aromatic heterocycles. The fraction of sp³-hybridized carbons (Fsp3) is 0.962. The van der Waals surface area contributed by atoms with Crippen LogP contribution in [0.3, 0.4) is 0 Å². The van der Waals surface area contributed by atoms with Gasteiger partial charge >= 0.3 is 0 Å². The van der Waals surface area contributed by atoms with E-state index in [-0.39, 0.29) is 18.6 Å². The van der Waals surface area contributed by atoms with Crippen molar-refractivity contribution < 1.29 is 22.9 Å². The molecule has 190 valence electrons. The van der Waals surface area contributed by atoms with Gasteiger partial charge in [0.15, 0.2) is 0 Å². The molecule has 1 amide bonds. The van der Waals surface area contributed by atoms with Crippen LogP contribution < -0.4 is 5.32 Å². The summed E-state index contributed by atoms with van der Waals surface area (Å²) in [6.45, 7) is 7.34. The third kappa shape index (κ3) is 5.02. The van der Waals surface area contributed by atoms with Gasteiger partial charge in [0, 0.05) is 13.0 Å². The maximum atomic E-state index is 12.2. The van der Waals surface area contributed by atoms with Crippen molar-refractivity contribution in [2.24, 2.45) is 46.3 Å². The summed E-state index contributed by atoms with van der Waals surface area (Å²) in [6, 6.07) is 0. The monoisotopic (exact) mass is 483 g/mol. The molecule has 0 spiro atoms. The highest BCUT2D eigenvalue weighted by Gasteiger charge is 2.60. The van der Waals surface area contributed by atoms with Crippen molar-refractivity contribution in [2.45, 2.75) is 97.5 Å². The zero-order valence-corrected chi connectivity index (χ0v) is 21.6. The van der Waals surface area contributed by atoms with E-state index in [2.05, 4.69) is 26.1 Å². The first-order valence-corrected chi connectivity index (χ1v) is 14.9. The van der Waals surface area contributed by atoms with E-state index < -0.39 is 15.9 Å². The van der Waals surface area contributed by atoms with Crippen molar-refractivity contribution in [1.82, 2.24) is 5.32 Å². The van der Waals surface area contributed by atoms with Gasteiger partial charge in [0.25, 0.3) is 10.1 Å². The molecular formula is C26H45NO5S. The molecular weight excluding hydrogens is 438 g/mol.